The summed E-state index contributed by atoms with van der Waals surface area (Å²) >= 11 is 1.20. The number of amides is 1. The number of carbonyl (C=O) groups excluding carboxylic acids is 1. The molecule has 0 aliphatic heterocycles. The Morgan fingerprint density at radius 3 is 2.53 bits per heavy atom. The fraction of sp³-hybridized carbons (Fsp3) is 0.524. The van der Waals surface area contributed by atoms with Crippen LogP contribution in [0.3, 0.4) is 0 Å². The molecule has 1 aromatic carbocycles. The Labute approximate surface area is 188 Å². The van der Waals surface area contributed by atoms with E-state index in [4.69, 9.17) is 0 Å². The normalized spacial score (nSPS) is 24.3. The quantitative estimate of drug-likeness (QED) is 0.626. The van der Waals surface area contributed by atoms with E-state index in [2.05, 4.69) is 10.3 Å². The molecule has 174 valence electrons. The van der Waals surface area contributed by atoms with Gasteiger partial charge in [-0.05, 0) is 36.9 Å². The maximum absolute atomic E-state index is 13.9. The van der Waals surface area contributed by atoms with Crippen LogP contribution in [0.15, 0.2) is 34.7 Å². The van der Waals surface area contributed by atoms with E-state index >= 15 is 0 Å². The third-order valence-corrected chi connectivity index (χ3v) is 8.83. The van der Waals surface area contributed by atoms with E-state index in [0.717, 1.165) is 45.2 Å². The second-order valence-corrected chi connectivity index (χ2v) is 11.1. The van der Waals surface area contributed by atoms with Crippen LogP contribution >= 0.6 is 11.3 Å². The molecule has 0 bridgehead atoms. The first-order valence-corrected chi connectivity index (χ1v) is 12.8. The lowest BCUT2D eigenvalue weighted by Gasteiger charge is -2.27. The summed E-state index contributed by atoms with van der Waals surface area (Å²) in [5.74, 6) is -0.572. The summed E-state index contributed by atoms with van der Waals surface area (Å²) in [4.78, 5) is 16.7. The Morgan fingerprint density at radius 1 is 1.22 bits per heavy atom. The van der Waals surface area contributed by atoms with Gasteiger partial charge in [0.2, 0.25) is 15.9 Å². The number of alkyl halides is 3. The van der Waals surface area contributed by atoms with Crippen LogP contribution in [0, 0.1) is 11.8 Å². The van der Waals surface area contributed by atoms with Crippen molar-refractivity contribution in [1.82, 2.24) is 9.71 Å². The van der Waals surface area contributed by atoms with Crippen LogP contribution in [0.25, 0.3) is 0 Å². The number of halogens is 3. The molecule has 2 N–H and O–H groups in total. The van der Waals surface area contributed by atoms with Crippen LogP contribution in [-0.4, -0.2) is 26.4 Å². The minimum absolute atomic E-state index is 0.0914. The summed E-state index contributed by atoms with van der Waals surface area (Å²) < 4.78 is 69.3. The number of sulfonamides is 1. The lowest BCUT2D eigenvalue weighted by atomic mass is 9.80. The van der Waals surface area contributed by atoms with Gasteiger partial charge in [-0.15, -0.1) is 11.3 Å². The first-order valence-electron chi connectivity index (χ1n) is 10.5. The van der Waals surface area contributed by atoms with E-state index in [1.165, 1.54) is 29.7 Å². The highest BCUT2D eigenvalue weighted by Crippen LogP contribution is 2.62. The van der Waals surface area contributed by atoms with Crippen molar-refractivity contribution in [1.29, 1.82) is 0 Å². The van der Waals surface area contributed by atoms with E-state index in [-0.39, 0.29) is 17.4 Å². The number of thiazole rings is 1. The summed E-state index contributed by atoms with van der Waals surface area (Å²) in [5, 5.41) is 4.72. The average Bonchev–Trinajstić information content (AvgIpc) is 3.33. The number of hydrogen-bond donors (Lipinski definition) is 2. The van der Waals surface area contributed by atoms with Crippen molar-refractivity contribution in [2.24, 2.45) is 11.8 Å². The zero-order chi connectivity index (χ0) is 23.1. The molecule has 11 heteroatoms. The number of nitrogens with zero attached hydrogens (tertiary/aromatic N) is 1. The average molecular weight is 488 g/mol. The molecule has 2 atom stereocenters. The maximum Gasteiger partial charge on any atom is 0.417 e. The zero-order valence-corrected chi connectivity index (χ0v) is 19.0. The van der Waals surface area contributed by atoms with Crippen LogP contribution < -0.4 is 10.0 Å². The second kappa shape index (κ2) is 8.42. The largest absolute Gasteiger partial charge is 0.417 e. The molecule has 1 aromatic heterocycles. The highest BCUT2D eigenvalue weighted by molar-refractivity contribution is 7.89. The number of benzene rings is 1. The SMILES string of the molecule is CNS(=O)(=O)c1c(C(F)(F)F)cccc1C1(C(=O)Nc2nccs2)CC1C1CCCCC1. The number of carbonyl (C=O) groups is 1. The molecule has 2 unspecified atom stereocenters. The van der Waals surface area contributed by atoms with E-state index in [9.17, 15) is 26.4 Å². The Bertz CT molecular complexity index is 1100. The molecule has 1 heterocycles. The fourth-order valence-corrected chi connectivity index (χ4v) is 6.82. The lowest BCUT2D eigenvalue weighted by Crippen LogP contribution is -2.35. The number of anilines is 1. The van der Waals surface area contributed by atoms with Crippen LogP contribution in [0.2, 0.25) is 0 Å². The fourth-order valence-electron chi connectivity index (χ4n) is 5.08. The lowest BCUT2D eigenvalue weighted by molar-refractivity contribution is -0.140. The van der Waals surface area contributed by atoms with Crippen molar-refractivity contribution < 1.29 is 26.4 Å². The van der Waals surface area contributed by atoms with Crippen molar-refractivity contribution in [2.45, 2.75) is 55.0 Å². The molecule has 1 amide bonds. The third-order valence-electron chi connectivity index (χ3n) is 6.63. The van der Waals surface area contributed by atoms with Crippen molar-refractivity contribution in [2.75, 3.05) is 12.4 Å². The standard InChI is InChI=1S/C21H24F3N3O3S2/c1-25-32(29,30)17-14(8-5-9-15(17)21(22,23)24)20(18(28)27-19-26-10-11-31-19)12-16(20)13-6-3-2-4-7-13/h5,8-11,13,16,25H,2-4,6-7,12H2,1H3,(H,26,27,28). The molecular formula is C21H24F3N3O3S2. The van der Waals surface area contributed by atoms with Gasteiger partial charge in [0.05, 0.1) is 15.9 Å². The van der Waals surface area contributed by atoms with Gasteiger partial charge < -0.3 is 5.32 Å². The highest BCUT2D eigenvalue weighted by atomic mass is 32.2. The summed E-state index contributed by atoms with van der Waals surface area (Å²) in [6.45, 7) is 0. The van der Waals surface area contributed by atoms with Gasteiger partial charge in [0.15, 0.2) is 5.13 Å². The van der Waals surface area contributed by atoms with E-state index < -0.39 is 38.0 Å². The molecule has 0 spiro atoms. The van der Waals surface area contributed by atoms with Crippen molar-refractivity contribution >= 4 is 32.4 Å². The first-order chi connectivity index (χ1) is 15.1. The van der Waals surface area contributed by atoms with Gasteiger partial charge in [-0.2, -0.15) is 13.2 Å². The molecule has 2 fully saturated rings. The zero-order valence-electron chi connectivity index (χ0n) is 17.4. The van der Waals surface area contributed by atoms with Gasteiger partial charge in [-0.1, -0.05) is 44.2 Å². The van der Waals surface area contributed by atoms with Gasteiger partial charge >= 0.3 is 6.18 Å². The molecular weight excluding hydrogens is 463 g/mol. The number of rotatable bonds is 6. The minimum Gasteiger partial charge on any atom is -0.301 e. The van der Waals surface area contributed by atoms with E-state index in [1.807, 2.05) is 4.72 Å². The molecule has 4 rings (SSSR count). The number of nitrogens with one attached hydrogen (secondary N) is 2. The number of hydrogen-bond acceptors (Lipinski definition) is 5. The Morgan fingerprint density at radius 2 is 1.94 bits per heavy atom. The summed E-state index contributed by atoms with van der Waals surface area (Å²) in [6.07, 6.45) is 1.77. The van der Waals surface area contributed by atoms with Gasteiger partial charge in [0, 0.05) is 11.6 Å². The third kappa shape index (κ3) is 4.06. The molecule has 6 nitrogen and oxygen atoms in total. The van der Waals surface area contributed by atoms with Crippen LogP contribution in [0.5, 0.6) is 0 Å². The van der Waals surface area contributed by atoms with Crippen molar-refractivity contribution in [3.05, 3.63) is 40.9 Å². The van der Waals surface area contributed by atoms with Crippen molar-refractivity contribution in [3.8, 4) is 0 Å². The molecule has 0 radical (unpaired) electrons. The summed E-state index contributed by atoms with van der Waals surface area (Å²) in [7, 11) is -3.43. The maximum atomic E-state index is 13.9. The molecule has 0 saturated heterocycles. The second-order valence-electron chi connectivity index (χ2n) is 8.36. The monoisotopic (exact) mass is 487 g/mol. The Kier molecular flexibility index (Phi) is 6.10. The van der Waals surface area contributed by atoms with E-state index in [1.54, 1.807) is 5.38 Å². The predicted octanol–water partition coefficient (Wildman–Crippen LogP) is 4.55. The minimum atomic E-state index is -4.89. The Hall–Kier alpha value is -1.98. The van der Waals surface area contributed by atoms with Gasteiger partial charge in [0.1, 0.15) is 0 Å². The molecule has 32 heavy (non-hydrogen) atoms. The van der Waals surface area contributed by atoms with Gasteiger partial charge in [-0.25, -0.2) is 18.1 Å². The Balaban J connectivity index is 1.88. The van der Waals surface area contributed by atoms with E-state index in [0.29, 0.717) is 11.6 Å². The smallest absolute Gasteiger partial charge is 0.301 e. The van der Waals surface area contributed by atoms with Gasteiger partial charge in [0.25, 0.3) is 0 Å². The number of aromatic nitrogens is 1. The summed E-state index contributed by atoms with van der Waals surface area (Å²) in [5.41, 5.74) is -2.71. The topological polar surface area (TPSA) is 88.2 Å². The van der Waals surface area contributed by atoms with Crippen LogP contribution in [0.4, 0.5) is 18.3 Å². The van der Waals surface area contributed by atoms with Gasteiger partial charge in [-0.3, -0.25) is 4.79 Å². The molecule has 2 aromatic rings. The molecule has 2 saturated carbocycles. The summed E-state index contributed by atoms with van der Waals surface area (Å²) in [6, 6.07) is 3.28. The molecule has 2 aliphatic rings. The van der Waals surface area contributed by atoms with Crippen LogP contribution in [-0.2, 0) is 26.4 Å². The molecule has 2 aliphatic carbocycles. The predicted molar refractivity (Wildman–Crippen MR) is 115 cm³/mol. The first kappa shape index (κ1) is 23.2. The van der Waals surface area contributed by atoms with Crippen molar-refractivity contribution in [3.63, 3.8) is 0 Å². The highest BCUT2D eigenvalue weighted by Gasteiger charge is 2.65. The van der Waals surface area contributed by atoms with Crippen LogP contribution in [0.1, 0.15) is 49.7 Å².